The molecule has 2 N–H and O–H groups in total. The largest absolute Gasteiger partial charge is 0.464 e. The Morgan fingerprint density at radius 3 is 2.87 bits per heavy atom. The monoisotopic (exact) mass is 346 g/mol. The molecule has 0 spiro atoms. The van der Waals surface area contributed by atoms with E-state index in [0.717, 1.165) is 24.1 Å². The van der Waals surface area contributed by atoms with E-state index in [2.05, 4.69) is 19.5 Å². The van der Waals surface area contributed by atoms with E-state index >= 15 is 0 Å². The Kier molecular flexibility index (Phi) is 3.39. The number of carbonyl (C=O) groups is 1. The van der Waals surface area contributed by atoms with Gasteiger partial charge in [0.05, 0.1) is 7.11 Å². The summed E-state index contributed by atoms with van der Waals surface area (Å²) in [4.78, 5) is 13.6. The normalized spacial score (nSPS) is 19.3. The zero-order valence-electron chi connectivity index (χ0n) is 11.8. The van der Waals surface area contributed by atoms with Gasteiger partial charge in [-0.05, 0) is 6.07 Å². The van der Waals surface area contributed by atoms with Crippen LogP contribution in [0.4, 0.5) is 14.6 Å². The molecule has 0 aliphatic heterocycles. The van der Waals surface area contributed by atoms with Gasteiger partial charge < -0.3 is 9.72 Å². The topological polar surface area (TPSA) is 106 Å². The molecular formula is C12H12F2N4O4S. The van der Waals surface area contributed by atoms with Gasteiger partial charge in [0, 0.05) is 24.9 Å². The number of methoxy groups -OCH3 is 1. The maximum Gasteiger partial charge on any atom is 0.354 e. The molecule has 2 heterocycles. The molecule has 23 heavy (non-hydrogen) atoms. The van der Waals surface area contributed by atoms with Gasteiger partial charge in [-0.1, -0.05) is 0 Å². The second-order valence-electron chi connectivity index (χ2n) is 5.01. The van der Waals surface area contributed by atoms with Crippen molar-refractivity contribution in [2.24, 2.45) is 0 Å². The molecule has 2 aromatic heterocycles. The maximum atomic E-state index is 13.0. The van der Waals surface area contributed by atoms with Gasteiger partial charge in [0.15, 0.2) is 5.82 Å². The minimum atomic E-state index is -4.01. The number of halogens is 2. The number of H-pyrrole nitrogens is 1. The van der Waals surface area contributed by atoms with Crippen molar-refractivity contribution in [1.29, 1.82) is 0 Å². The van der Waals surface area contributed by atoms with E-state index in [1.807, 2.05) is 0 Å². The summed E-state index contributed by atoms with van der Waals surface area (Å²) >= 11 is 0. The number of aromatic amines is 1. The first-order chi connectivity index (χ1) is 10.7. The lowest BCUT2D eigenvalue weighted by molar-refractivity contribution is 0.0594. The first kappa shape index (κ1) is 15.5. The molecule has 1 saturated carbocycles. The lowest BCUT2D eigenvalue weighted by atomic mass is 10.4. The fourth-order valence-corrected chi connectivity index (χ4v) is 3.00. The molecule has 8 nitrogen and oxygen atoms in total. The predicted molar refractivity (Wildman–Crippen MR) is 73.8 cm³/mol. The van der Waals surface area contributed by atoms with Crippen molar-refractivity contribution >= 4 is 21.8 Å². The quantitative estimate of drug-likeness (QED) is 0.796. The number of hydrogen-bond acceptors (Lipinski definition) is 5. The number of esters is 1. The van der Waals surface area contributed by atoms with Crippen molar-refractivity contribution in [3.63, 3.8) is 0 Å². The van der Waals surface area contributed by atoms with Crippen molar-refractivity contribution < 1.29 is 26.7 Å². The molecule has 1 aliphatic carbocycles. The van der Waals surface area contributed by atoms with Crippen LogP contribution in [-0.4, -0.2) is 42.2 Å². The Bertz CT molecular complexity index is 858. The number of anilines is 1. The molecule has 1 atom stereocenters. The number of ether oxygens (including phenoxy) is 1. The lowest BCUT2D eigenvalue weighted by Crippen LogP contribution is -2.13. The summed E-state index contributed by atoms with van der Waals surface area (Å²) in [6.45, 7) is 0. The number of nitrogens with zero attached hydrogens (tertiary/aromatic N) is 2. The van der Waals surface area contributed by atoms with E-state index in [1.54, 1.807) is 0 Å². The van der Waals surface area contributed by atoms with Crippen molar-refractivity contribution in [1.82, 2.24) is 14.8 Å². The molecule has 11 heteroatoms. The van der Waals surface area contributed by atoms with Crippen molar-refractivity contribution in [2.45, 2.75) is 23.3 Å². The molecule has 2 aromatic rings. The number of alkyl halides is 2. The van der Waals surface area contributed by atoms with Crippen LogP contribution in [-0.2, 0) is 14.8 Å². The molecule has 0 aromatic carbocycles. The van der Waals surface area contributed by atoms with Crippen molar-refractivity contribution in [3.05, 3.63) is 30.2 Å². The highest BCUT2D eigenvalue weighted by Gasteiger charge is 2.59. The highest BCUT2D eigenvalue weighted by molar-refractivity contribution is 7.92. The van der Waals surface area contributed by atoms with Crippen LogP contribution in [0.5, 0.6) is 0 Å². The van der Waals surface area contributed by atoms with E-state index in [4.69, 9.17) is 0 Å². The number of rotatable bonds is 5. The lowest BCUT2D eigenvalue weighted by Gasteiger charge is -2.03. The summed E-state index contributed by atoms with van der Waals surface area (Å²) in [7, 11) is -2.84. The first-order valence-electron chi connectivity index (χ1n) is 6.45. The van der Waals surface area contributed by atoms with Gasteiger partial charge in [0.25, 0.3) is 15.9 Å². The highest BCUT2D eigenvalue weighted by atomic mass is 32.2. The smallest absolute Gasteiger partial charge is 0.354 e. The molecule has 1 aliphatic rings. The van der Waals surface area contributed by atoms with Crippen molar-refractivity contribution in [2.75, 3.05) is 11.8 Å². The molecule has 1 fully saturated rings. The third-order valence-electron chi connectivity index (χ3n) is 3.33. The van der Waals surface area contributed by atoms with Crippen LogP contribution in [0.2, 0.25) is 0 Å². The minimum Gasteiger partial charge on any atom is -0.464 e. The Balaban J connectivity index is 1.76. The molecule has 0 bridgehead atoms. The molecule has 3 rings (SSSR count). The predicted octanol–water partition coefficient (Wildman–Crippen LogP) is 1.38. The van der Waals surface area contributed by atoms with Crippen LogP contribution in [0.15, 0.2) is 29.4 Å². The number of carbonyl (C=O) groups excluding carboxylic acids is 1. The van der Waals surface area contributed by atoms with Crippen LogP contribution < -0.4 is 4.72 Å². The summed E-state index contributed by atoms with van der Waals surface area (Å²) in [5, 5.41) is 3.78. The fourth-order valence-electron chi connectivity index (χ4n) is 2.01. The first-order valence-corrected chi connectivity index (χ1v) is 7.94. The van der Waals surface area contributed by atoms with Crippen molar-refractivity contribution in [3.8, 4) is 0 Å². The number of nitrogens with one attached hydrogen (secondary N) is 2. The average molecular weight is 346 g/mol. The zero-order valence-corrected chi connectivity index (χ0v) is 12.6. The summed E-state index contributed by atoms with van der Waals surface area (Å²) in [6.07, 6.45) is 2.07. The Morgan fingerprint density at radius 2 is 2.26 bits per heavy atom. The fraction of sp³-hybridized carbons (Fsp3) is 0.333. The van der Waals surface area contributed by atoms with Crippen LogP contribution in [0.3, 0.4) is 0 Å². The van der Waals surface area contributed by atoms with Gasteiger partial charge in [-0.3, -0.25) is 9.40 Å². The van der Waals surface area contributed by atoms with Gasteiger partial charge in [-0.25, -0.2) is 22.0 Å². The van der Waals surface area contributed by atoms with E-state index < -0.39 is 28.0 Å². The minimum absolute atomic E-state index is 0.0315. The van der Waals surface area contributed by atoms with E-state index in [0.29, 0.717) is 0 Å². The molecule has 0 radical (unpaired) electrons. The van der Waals surface area contributed by atoms with Gasteiger partial charge >= 0.3 is 5.97 Å². The van der Waals surface area contributed by atoms with Gasteiger partial charge in [-0.15, -0.1) is 0 Å². The van der Waals surface area contributed by atoms with E-state index in [9.17, 15) is 22.0 Å². The van der Waals surface area contributed by atoms with Gasteiger partial charge in [-0.2, -0.15) is 5.10 Å². The highest BCUT2D eigenvalue weighted by Crippen LogP contribution is 2.52. The second kappa shape index (κ2) is 5.05. The summed E-state index contributed by atoms with van der Waals surface area (Å²) in [5.74, 6) is -3.61. The maximum absolute atomic E-state index is 13.0. The van der Waals surface area contributed by atoms with Gasteiger partial charge in [0.2, 0.25) is 0 Å². The number of hydrogen-bond donors (Lipinski definition) is 2. The summed E-state index contributed by atoms with van der Waals surface area (Å²) in [6, 6.07) is 1.33. The zero-order chi connectivity index (χ0) is 16.8. The second-order valence-corrected chi connectivity index (χ2v) is 6.69. The Morgan fingerprint density at radius 1 is 1.57 bits per heavy atom. The molecule has 1 unspecified atom stereocenters. The summed E-state index contributed by atoms with van der Waals surface area (Å²) in [5.41, 5.74) is -0.0315. The summed E-state index contributed by atoms with van der Waals surface area (Å²) < 4.78 is 57.9. The SMILES string of the molecule is COC(=O)c1cc(S(=O)(=O)Nc2ccn(C3CC3(F)F)n2)c[nH]1. The van der Waals surface area contributed by atoms with E-state index in [-0.39, 0.29) is 22.8 Å². The average Bonchev–Trinajstić information content (AvgIpc) is 2.94. The van der Waals surface area contributed by atoms with E-state index in [1.165, 1.54) is 12.3 Å². The third-order valence-corrected chi connectivity index (χ3v) is 4.67. The molecule has 0 saturated heterocycles. The van der Waals surface area contributed by atoms with Crippen LogP contribution in [0.25, 0.3) is 0 Å². The van der Waals surface area contributed by atoms with Crippen LogP contribution >= 0.6 is 0 Å². The Hall–Kier alpha value is -2.43. The van der Waals surface area contributed by atoms with Crippen LogP contribution in [0.1, 0.15) is 23.0 Å². The number of aromatic nitrogens is 3. The van der Waals surface area contributed by atoms with Gasteiger partial charge in [0.1, 0.15) is 16.6 Å². The molecule has 124 valence electrons. The standard InChI is InChI=1S/C12H12F2N4O4S/c1-22-11(19)8-4-7(6-15-8)23(20,21)17-10-2-3-18(16-10)9-5-12(9,13)14/h2-4,6,9,15H,5H2,1H3,(H,16,17). The molecule has 0 amide bonds. The Labute approximate surface area is 129 Å². The third kappa shape index (κ3) is 2.91. The number of sulfonamides is 1. The molecular weight excluding hydrogens is 334 g/mol. The van der Waals surface area contributed by atoms with Crippen LogP contribution in [0, 0.1) is 0 Å².